The van der Waals surface area contributed by atoms with Crippen molar-refractivity contribution in [3.63, 3.8) is 0 Å². The number of hydrogen-bond donors (Lipinski definition) is 0. The molecule has 0 rings (SSSR count). The van der Waals surface area contributed by atoms with Crippen LogP contribution in [0.15, 0.2) is 24.3 Å². The third-order valence-corrected chi connectivity index (χ3v) is 6.34. The van der Waals surface area contributed by atoms with Crippen LogP contribution in [0, 0.1) is 0 Å². The van der Waals surface area contributed by atoms with Crippen LogP contribution in [0.3, 0.4) is 0 Å². The Morgan fingerprint density at radius 1 is 0.552 bits per heavy atom. The summed E-state index contributed by atoms with van der Waals surface area (Å²) < 4.78 is 19.5. The van der Waals surface area contributed by atoms with Gasteiger partial charge in [0.2, 0.25) is 0 Å². The molecule has 0 saturated carbocycles. The SMILES string of the molecule is COC(CCC=CCCCCCCI)OC(CCC=CCCCCCCI)OC. The molecular formula is C24H44I2O3. The van der Waals surface area contributed by atoms with Gasteiger partial charge in [0.25, 0.3) is 0 Å². The van der Waals surface area contributed by atoms with E-state index in [0.717, 1.165) is 25.7 Å². The van der Waals surface area contributed by atoms with Crippen LogP contribution in [0.2, 0.25) is 0 Å². The molecule has 3 nitrogen and oxygen atoms in total. The summed E-state index contributed by atoms with van der Waals surface area (Å²) in [6.45, 7) is 0. The lowest BCUT2D eigenvalue weighted by Crippen LogP contribution is -2.25. The van der Waals surface area contributed by atoms with Crippen molar-refractivity contribution in [1.29, 1.82) is 0 Å². The topological polar surface area (TPSA) is 27.7 Å². The predicted octanol–water partition coefficient (Wildman–Crippen LogP) is 8.39. The molecule has 0 amide bonds. The summed E-state index contributed by atoms with van der Waals surface area (Å²) in [4.78, 5) is 0. The van der Waals surface area contributed by atoms with Crippen molar-refractivity contribution >= 4 is 45.2 Å². The number of rotatable bonds is 22. The Morgan fingerprint density at radius 3 is 1.31 bits per heavy atom. The van der Waals surface area contributed by atoms with E-state index in [2.05, 4.69) is 69.5 Å². The molecule has 5 heteroatoms. The summed E-state index contributed by atoms with van der Waals surface area (Å²) in [5.74, 6) is 0. The van der Waals surface area contributed by atoms with Gasteiger partial charge in [0, 0.05) is 27.1 Å². The Bertz CT molecular complexity index is 341. The van der Waals surface area contributed by atoms with Crippen molar-refractivity contribution in [3.05, 3.63) is 24.3 Å². The molecule has 2 atom stereocenters. The molecule has 0 saturated heterocycles. The molecule has 0 aliphatic carbocycles. The highest BCUT2D eigenvalue weighted by molar-refractivity contribution is 14.1. The lowest BCUT2D eigenvalue weighted by Gasteiger charge is -2.22. The Kier molecular flexibility index (Phi) is 25.8. The normalized spacial score (nSPS) is 14.2. The highest BCUT2D eigenvalue weighted by Crippen LogP contribution is 2.13. The lowest BCUT2D eigenvalue weighted by molar-refractivity contribution is -0.232. The monoisotopic (exact) mass is 634 g/mol. The van der Waals surface area contributed by atoms with E-state index in [1.807, 2.05) is 0 Å². The molecule has 172 valence electrons. The molecule has 0 N–H and O–H groups in total. The van der Waals surface area contributed by atoms with Gasteiger partial charge in [0.1, 0.15) is 0 Å². The fourth-order valence-corrected chi connectivity index (χ4v) is 4.09. The van der Waals surface area contributed by atoms with E-state index in [-0.39, 0.29) is 12.6 Å². The Labute approximate surface area is 208 Å². The number of allylic oxidation sites excluding steroid dienone is 4. The highest BCUT2D eigenvalue weighted by atomic mass is 127. The molecule has 29 heavy (non-hydrogen) atoms. The first kappa shape index (κ1) is 29.8. The third kappa shape index (κ3) is 21.8. The molecular weight excluding hydrogens is 590 g/mol. The van der Waals surface area contributed by atoms with E-state index in [9.17, 15) is 0 Å². The van der Waals surface area contributed by atoms with Gasteiger partial charge in [-0.25, -0.2) is 0 Å². The molecule has 0 heterocycles. The number of methoxy groups -OCH3 is 2. The van der Waals surface area contributed by atoms with Gasteiger partial charge in [-0.05, 0) is 60.2 Å². The van der Waals surface area contributed by atoms with Crippen LogP contribution in [0.1, 0.15) is 89.9 Å². The second-order valence-electron chi connectivity index (χ2n) is 7.35. The molecule has 0 radical (unpaired) electrons. The largest absolute Gasteiger partial charge is 0.356 e. The molecule has 0 aromatic rings. The van der Waals surface area contributed by atoms with Crippen molar-refractivity contribution in [2.24, 2.45) is 0 Å². The average Bonchev–Trinajstić information content (AvgIpc) is 2.74. The fourth-order valence-electron chi connectivity index (χ4n) is 3.01. The molecule has 0 aromatic heterocycles. The minimum atomic E-state index is -0.199. The van der Waals surface area contributed by atoms with Crippen molar-refractivity contribution in [3.8, 4) is 0 Å². The smallest absolute Gasteiger partial charge is 0.160 e. The molecule has 0 aliphatic heterocycles. The Hall–Kier alpha value is 0.820. The maximum Gasteiger partial charge on any atom is 0.160 e. The summed E-state index contributed by atoms with van der Waals surface area (Å²) in [6, 6.07) is 0. The van der Waals surface area contributed by atoms with E-state index in [0.29, 0.717) is 0 Å². The molecule has 0 spiro atoms. The zero-order valence-electron chi connectivity index (χ0n) is 18.8. The van der Waals surface area contributed by atoms with Crippen LogP contribution >= 0.6 is 45.2 Å². The first-order valence-corrected chi connectivity index (χ1v) is 14.5. The van der Waals surface area contributed by atoms with Gasteiger partial charge in [0.05, 0.1) is 0 Å². The average molecular weight is 634 g/mol. The summed E-state index contributed by atoms with van der Waals surface area (Å²) >= 11 is 4.91. The van der Waals surface area contributed by atoms with Crippen LogP contribution in [0.25, 0.3) is 0 Å². The quantitative estimate of drug-likeness (QED) is 0.0394. The van der Waals surface area contributed by atoms with Crippen molar-refractivity contribution in [2.45, 2.75) is 102 Å². The molecule has 0 aromatic carbocycles. The van der Waals surface area contributed by atoms with E-state index in [4.69, 9.17) is 14.2 Å². The second-order valence-corrected chi connectivity index (χ2v) is 9.51. The highest BCUT2D eigenvalue weighted by Gasteiger charge is 2.14. The third-order valence-electron chi connectivity index (χ3n) is 4.81. The summed E-state index contributed by atoms with van der Waals surface area (Å²) in [6.07, 6.45) is 25.5. The van der Waals surface area contributed by atoms with Crippen molar-refractivity contribution < 1.29 is 14.2 Å². The van der Waals surface area contributed by atoms with E-state index >= 15 is 0 Å². The van der Waals surface area contributed by atoms with Crippen LogP contribution in [0.4, 0.5) is 0 Å². The number of halogens is 2. The van der Waals surface area contributed by atoms with Crippen molar-refractivity contribution in [1.82, 2.24) is 0 Å². The van der Waals surface area contributed by atoms with E-state index < -0.39 is 0 Å². The Balaban J connectivity index is 3.81. The van der Waals surface area contributed by atoms with Crippen LogP contribution in [-0.4, -0.2) is 35.7 Å². The molecule has 0 bridgehead atoms. The van der Waals surface area contributed by atoms with Gasteiger partial charge < -0.3 is 14.2 Å². The maximum absolute atomic E-state index is 5.98. The van der Waals surface area contributed by atoms with Gasteiger partial charge in [-0.1, -0.05) is 95.2 Å². The first-order valence-electron chi connectivity index (χ1n) is 11.4. The van der Waals surface area contributed by atoms with Gasteiger partial charge >= 0.3 is 0 Å². The summed E-state index contributed by atoms with van der Waals surface area (Å²) in [5, 5.41) is 0. The minimum Gasteiger partial charge on any atom is -0.356 e. The summed E-state index contributed by atoms with van der Waals surface area (Å²) in [7, 11) is 3.43. The number of ether oxygens (including phenoxy) is 3. The number of unbranched alkanes of at least 4 members (excludes halogenated alkanes) is 8. The van der Waals surface area contributed by atoms with Crippen LogP contribution < -0.4 is 0 Å². The lowest BCUT2D eigenvalue weighted by atomic mass is 10.1. The standard InChI is InChI=1S/C24H44I2O3/c1-27-23(19-15-11-7-3-5-9-13-17-21-25)29-24(28-2)20-16-12-8-4-6-10-14-18-22-26/h7-8,11-12,23-24H,3-6,9-10,13-22H2,1-2H3. The van der Waals surface area contributed by atoms with Crippen LogP contribution in [0.5, 0.6) is 0 Å². The van der Waals surface area contributed by atoms with Gasteiger partial charge in [-0.2, -0.15) is 0 Å². The minimum absolute atomic E-state index is 0.199. The van der Waals surface area contributed by atoms with Crippen LogP contribution in [-0.2, 0) is 14.2 Å². The van der Waals surface area contributed by atoms with E-state index in [1.165, 1.54) is 73.1 Å². The molecule has 0 fully saturated rings. The van der Waals surface area contributed by atoms with E-state index in [1.54, 1.807) is 14.2 Å². The second kappa shape index (κ2) is 25.1. The first-order chi connectivity index (χ1) is 14.3. The van der Waals surface area contributed by atoms with Gasteiger partial charge in [-0.15, -0.1) is 0 Å². The number of hydrogen-bond acceptors (Lipinski definition) is 3. The fraction of sp³-hybridized carbons (Fsp3) is 0.833. The predicted molar refractivity (Wildman–Crippen MR) is 143 cm³/mol. The maximum atomic E-state index is 5.98. The number of alkyl halides is 2. The Morgan fingerprint density at radius 2 is 0.931 bits per heavy atom. The zero-order chi connectivity index (χ0) is 21.4. The van der Waals surface area contributed by atoms with Gasteiger partial charge in [0.15, 0.2) is 12.6 Å². The molecule has 0 aliphatic rings. The molecule has 2 unspecified atom stereocenters. The summed E-state index contributed by atoms with van der Waals surface area (Å²) in [5.41, 5.74) is 0. The van der Waals surface area contributed by atoms with Crippen molar-refractivity contribution in [2.75, 3.05) is 23.1 Å². The van der Waals surface area contributed by atoms with Gasteiger partial charge in [-0.3, -0.25) is 0 Å². The zero-order valence-corrected chi connectivity index (χ0v) is 23.1.